The number of carbonyl (C=O) groups is 1. The molecule has 0 saturated carbocycles. The molecule has 1 aromatic carbocycles. The maximum absolute atomic E-state index is 12.0. The summed E-state index contributed by atoms with van der Waals surface area (Å²) in [4.78, 5) is 13.7. The molecule has 20 heavy (non-hydrogen) atoms. The normalized spacial score (nSPS) is 14.6. The zero-order valence-corrected chi connectivity index (χ0v) is 12.3. The van der Waals surface area contributed by atoms with Gasteiger partial charge in [0.2, 0.25) is 0 Å². The molecule has 1 aromatic rings. The number of nitrogens with one attached hydrogen (secondary N) is 1. The molecule has 1 N–H and O–H groups in total. The number of benzene rings is 1. The van der Waals surface area contributed by atoms with Crippen LogP contribution in [0.3, 0.4) is 0 Å². The fourth-order valence-electron chi connectivity index (χ4n) is 2.53. The van der Waals surface area contributed by atoms with Crippen LogP contribution >= 0.6 is 0 Å². The lowest BCUT2D eigenvalue weighted by Gasteiger charge is -2.19. The fourth-order valence-corrected chi connectivity index (χ4v) is 2.53. The minimum atomic E-state index is 0.00487. The van der Waals surface area contributed by atoms with E-state index in [1.54, 1.807) is 4.90 Å². The Morgan fingerprint density at radius 3 is 2.75 bits per heavy atom. The van der Waals surface area contributed by atoms with Gasteiger partial charge in [-0.3, -0.25) is 0 Å². The maximum Gasteiger partial charge on any atom is 0.317 e. The van der Waals surface area contributed by atoms with Gasteiger partial charge in [0.05, 0.1) is 0 Å². The van der Waals surface area contributed by atoms with Crippen molar-refractivity contribution in [2.45, 2.75) is 38.6 Å². The highest BCUT2D eigenvalue weighted by Gasteiger charge is 2.09. The molecular formula is C17H24N2O. The lowest BCUT2D eigenvalue weighted by Crippen LogP contribution is -2.37. The number of nitrogens with zero attached hydrogens (tertiary/aromatic N) is 1. The molecule has 0 aromatic heterocycles. The molecule has 1 aliphatic rings. The van der Waals surface area contributed by atoms with Crippen molar-refractivity contribution in [2.24, 2.45) is 0 Å². The van der Waals surface area contributed by atoms with Crippen LogP contribution in [-0.2, 0) is 6.54 Å². The third-order valence-electron chi connectivity index (χ3n) is 3.72. The van der Waals surface area contributed by atoms with E-state index < -0.39 is 0 Å². The third-order valence-corrected chi connectivity index (χ3v) is 3.72. The smallest absolute Gasteiger partial charge is 0.317 e. The molecule has 0 bridgehead atoms. The van der Waals surface area contributed by atoms with Gasteiger partial charge in [-0.15, -0.1) is 0 Å². The van der Waals surface area contributed by atoms with Gasteiger partial charge in [-0.25, -0.2) is 4.79 Å². The van der Waals surface area contributed by atoms with Gasteiger partial charge in [-0.2, -0.15) is 0 Å². The summed E-state index contributed by atoms with van der Waals surface area (Å²) in [5, 5.41) is 3.00. The highest BCUT2D eigenvalue weighted by molar-refractivity contribution is 5.73. The van der Waals surface area contributed by atoms with Crippen molar-refractivity contribution in [2.75, 3.05) is 13.6 Å². The summed E-state index contributed by atoms with van der Waals surface area (Å²) in [5.74, 6) is 0. The second kappa shape index (κ2) is 7.73. The molecule has 0 unspecified atom stereocenters. The number of rotatable bonds is 5. The Morgan fingerprint density at radius 2 is 2.05 bits per heavy atom. The lowest BCUT2D eigenvalue weighted by molar-refractivity contribution is 0.207. The first-order valence-electron chi connectivity index (χ1n) is 7.46. The van der Waals surface area contributed by atoms with Crippen LogP contribution in [0.4, 0.5) is 4.79 Å². The molecule has 0 spiro atoms. The minimum Gasteiger partial charge on any atom is -0.338 e. The van der Waals surface area contributed by atoms with Gasteiger partial charge in [-0.1, -0.05) is 42.0 Å². The predicted molar refractivity (Wildman–Crippen MR) is 82.5 cm³/mol. The SMILES string of the molecule is CN(Cc1ccccc1)C(=O)NCCC1=CCCCC1. The van der Waals surface area contributed by atoms with Crippen molar-refractivity contribution >= 4 is 6.03 Å². The highest BCUT2D eigenvalue weighted by atomic mass is 16.2. The monoisotopic (exact) mass is 272 g/mol. The zero-order valence-electron chi connectivity index (χ0n) is 12.3. The first kappa shape index (κ1) is 14.6. The zero-order chi connectivity index (χ0) is 14.2. The van der Waals surface area contributed by atoms with Crippen LogP contribution in [0.15, 0.2) is 42.0 Å². The molecule has 0 fully saturated rings. The van der Waals surface area contributed by atoms with E-state index in [0.717, 1.165) is 18.5 Å². The summed E-state index contributed by atoms with van der Waals surface area (Å²) >= 11 is 0. The Bertz CT molecular complexity index is 453. The highest BCUT2D eigenvalue weighted by Crippen LogP contribution is 2.19. The van der Waals surface area contributed by atoms with Crippen LogP contribution in [-0.4, -0.2) is 24.5 Å². The molecule has 2 amide bonds. The van der Waals surface area contributed by atoms with Crippen LogP contribution in [0, 0.1) is 0 Å². The number of hydrogen-bond acceptors (Lipinski definition) is 1. The van der Waals surface area contributed by atoms with E-state index in [1.165, 1.54) is 31.3 Å². The largest absolute Gasteiger partial charge is 0.338 e. The summed E-state index contributed by atoms with van der Waals surface area (Å²) in [7, 11) is 1.84. The molecule has 0 saturated heterocycles. The fraction of sp³-hybridized carbons (Fsp3) is 0.471. The van der Waals surface area contributed by atoms with E-state index in [0.29, 0.717) is 6.54 Å². The van der Waals surface area contributed by atoms with E-state index in [2.05, 4.69) is 11.4 Å². The molecule has 3 heteroatoms. The lowest BCUT2D eigenvalue weighted by atomic mass is 9.97. The second-order valence-electron chi connectivity index (χ2n) is 5.43. The Hall–Kier alpha value is -1.77. The predicted octanol–water partition coefficient (Wildman–Crippen LogP) is 3.72. The Labute approximate surface area is 121 Å². The van der Waals surface area contributed by atoms with E-state index in [-0.39, 0.29) is 6.03 Å². The van der Waals surface area contributed by atoms with Crippen LogP contribution in [0.2, 0.25) is 0 Å². The molecule has 0 heterocycles. The molecule has 2 rings (SSSR count). The van der Waals surface area contributed by atoms with Crippen LogP contribution in [0.5, 0.6) is 0 Å². The number of carbonyl (C=O) groups excluding carboxylic acids is 1. The summed E-state index contributed by atoms with van der Waals surface area (Å²) < 4.78 is 0. The Morgan fingerprint density at radius 1 is 1.25 bits per heavy atom. The van der Waals surface area contributed by atoms with Gasteiger partial charge in [-0.05, 0) is 37.7 Å². The van der Waals surface area contributed by atoms with Gasteiger partial charge in [0, 0.05) is 20.1 Å². The number of allylic oxidation sites excluding steroid dienone is 1. The van der Waals surface area contributed by atoms with Crippen LogP contribution in [0.25, 0.3) is 0 Å². The summed E-state index contributed by atoms with van der Waals surface area (Å²) in [6.45, 7) is 1.39. The molecule has 108 valence electrons. The van der Waals surface area contributed by atoms with Crippen molar-refractivity contribution in [1.82, 2.24) is 10.2 Å². The number of hydrogen-bond donors (Lipinski definition) is 1. The average Bonchev–Trinajstić information content (AvgIpc) is 2.49. The summed E-state index contributed by atoms with van der Waals surface area (Å²) in [5.41, 5.74) is 2.66. The Kier molecular flexibility index (Phi) is 5.66. The molecule has 1 aliphatic carbocycles. The third kappa shape index (κ3) is 4.72. The standard InChI is InChI=1S/C17H24N2O/c1-19(14-16-10-6-3-7-11-16)17(20)18-13-12-15-8-4-2-5-9-15/h3,6-8,10-11H,2,4-5,9,12-14H2,1H3,(H,18,20). The molecule has 0 radical (unpaired) electrons. The van der Waals surface area contributed by atoms with Crippen LogP contribution in [0.1, 0.15) is 37.7 Å². The number of amides is 2. The second-order valence-corrected chi connectivity index (χ2v) is 5.43. The number of urea groups is 1. The van der Waals surface area contributed by atoms with E-state index in [1.807, 2.05) is 37.4 Å². The van der Waals surface area contributed by atoms with Crippen molar-refractivity contribution < 1.29 is 4.79 Å². The van der Waals surface area contributed by atoms with Gasteiger partial charge in [0.15, 0.2) is 0 Å². The first-order chi connectivity index (χ1) is 9.75. The van der Waals surface area contributed by atoms with Crippen molar-refractivity contribution in [1.29, 1.82) is 0 Å². The van der Waals surface area contributed by atoms with Crippen LogP contribution < -0.4 is 5.32 Å². The molecule has 0 aliphatic heterocycles. The molecule has 0 atom stereocenters. The molecular weight excluding hydrogens is 248 g/mol. The average molecular weight is 272 g/mol. The van der Waals surface area contributed by atoms with E-state index in [9.17, 15) is 4.79 Å². The topological polar surface area (TPSA) is 32.3 Å². The van der Waals surface area contributed by atoms with E-state index >= 15 is 0 Å². The van der Waals surface area contributed by atoms with Crippen molar-refractivity contribution in [3.05, 3.63) is 47.5 Å². The van der Waals surface area contributed by atoms with E-state index in [4.69, 9.17) is 0 Å². The molecule has 3 nitrogen and oxygen atoms in total. The van der Waals surface area contributed by atoms with Gasteiger partial charge < -0.3 is 10.2 Å². The Balaban J connectivity index is 1.70. The van der Waals surface area contributed by atoms with Gasteiger partial charge >= 0.3 is 6.03 Å². The summed E-state index contributed by atoms with van der Waals surface area (Å²) in [6.07, 6.45) is 8.35. The summed E-state index contributed by atoms with van der Waals surface area (Å²) in [6, 6.07) is 10.1. The minimum absolute atomic E-state index is 0.00487. The quantitative estimate of drug-likeness (QED) is 0.814. The van der Waals surface area contributed by atoms with Crippen molar-refractivity contribution in [3.63, 3.8) is 0 Å². The van der Waals surface area contributed by atoms with Gasteiger partial charge in [0.1, 0.15) is 0 Å². The first-order valence-corrected chi connectivity index (χ1v) is 7.46. The van der Waals surface area contributed by atoms with Crippen molar-refractivity contribution in [3.8, 4) is 0 Å². The maximum atomic E-state index is 12.0. The van der Waals surface area contributed by atoms with Gasteiger partial charge in [0.25, 0.3) is 0 Å².